The van der Waals surface area contributed by atoms with Gasteiger partial charge >= 0.3 is 0 Å². The molecule has 3 nitrogen and oxygen atoms in total. The summed E-state index contributed by atoms with van der Waals surface area (Å²) in [5.41, 5.74) is 5.73. The van der Waals surface area contributed by atoms with E-state index in [0.29, 0.717) is 6.54 Å². The van der Waals surface area contributed by atoms with E-state index in [1.807, 2.05) is 0 Å². The van der Waals surface area contributed by atoms with Gasteiger partial charge in [-0.15, -0.1) is 10.2 Å². The van der Waals surface area contributed by atoms with Crippen LogP contribution in [0.1, 0.15) is 43.1 Å². The maximum Gasteiger partial charge on any atom is 0.131 e. The van der Waals surface area contributed by atoms with E-state index in [0.717, 1.165) is 15.9 Å². The zero-order chi connectivity index (χ0) is 10.2. The SMILES string of the molecule is CC(C)(c1nnc(CN)s1)C1CCC1. The van der Waals surface area contributed by atoms with Crippen LogP contribution in [0.4, 0.5) is 0 Å². The first kappa shape index (κ1) is 10.1. The third-order valence-electron chi connectivity index (χ3n) is 3.32. The van der Waals surface area contributed by atoms with Crippen LogP contribution < -0.4 is 5.73 Å². The van der Waals surface area contributed by atoms with Gasteiger partial charge in [0.15, 0.2) is 0 Å². The average molecular weight is 211 g/mol. The third-order valence-corrected chi connectivity index (χ3v) is 4.60. The first-order chi connectivity index (χ1) is 6.64. The summed E-state index contributed by atoms with van der Waals surface area (Å²) in [6.45, 7) is 5.06. The van der Waals surface area contributed by atoms with Crippen molar-refractivity contribution in [3.8, 4) is 0 Å². The molecule has 0 radical (unpaired) electrons. The molecule has 2 rings (SSSR count). The summed E-state index contributed by atoms with van der Waals surface area (Å²) in [4.78, 5) is 0. The molecule has 0 atom stereocenters. The molecule has 1 saturated carbocycles. The lowest BCUT2D eigenvalue weighted by Crippen LogP contribution is -2.33. The standard InChI is InChI=1S/C10H17N3S/c1-10(2,7-4-3-5-7)9-13-12-8(6-11)14-9/h7H,3-6,11H2,1-2H3. The first-order valence-electron chi connectivity index (χ1n) is 5.17. The highest BCUT2D eigenvalue weighted by molar-refractivity contribution is 7.11. The monoisotopic (exact) mass is 211 g/mol. The quantitative estimate of drug-likeness (QED) is 0.832. The van der Waals surface area contributed by atoms with Crippen LogP contribution in [0.25, 0.3) is 0 Å². The van der Waals surface area contributed by atoms with Crippen LogP contribution in [0.15, 0.2) is 0 Å². The topological polar surface area (TPSA) is 51.8 Å². The molecule has 0 unspecified atom stereocenters. The van der Waals surface area contributed by atoms with Crippen molar-refractivity contribution >= 4 is 11.3 Å². The van der Waals surface area contributed by atoms with Gasteiger partial charge in [-0.25, -0.2) is 0 Å². The lowest BCUT2D eigenvalue weighted by molar-refractivity contribution is 0.193. The molecule has 2 N–H and O–H groups in total. The Hall–Kier alpha value is -0.480. The Morgan fingerprint density at radius 2 is 2.14 bits per heavy atom. The summed E-state index contributed by atoms with van der Waals surface area (Å²) in [5.74, 6) is 0.793. The van der Waals surface area contributed by atoms with Crippen molar-refractivity contribution in [3.05, 3.63) is 10.0 Å². The van der Waals surface area contributed by atoms with Gasteiger partial charge in [0.05, 0.1) is 0 Å². The molecule has 0 saturated heterocycles. The van der Waals surface area contributed by atoms with Gasteiger partial charge in [-0.1, -0.05) is 31.6 Å². The van der Waals surface area contributed by atoms with Gasteiger partial charge in [0.1, 0.15) is 10.0 Å². The highest BCUT2D eigenvalue weighted by atomic mass is 32.1. The minimum atomic E-state index is 0.198. The molecule has 1 aliphatic carbocycles. The Morgan fingerprint density at radius 1 is 1.43 bits per heavy atom. The fourth-order valence-corrected chi connectivity index (χ4v) is 2.80. The summed E-state index contributed by atoms with van der Waals surface area (Å²) < 4.78 is 0. The lowest BCUT2D eigenvalue weighted by Gasteiger charge is -2.38. The fourth-order valence-electron chi connectivity index (χ4n) is 1.90. The highest BCUT2D eigenvalue weighted by Gasteiger charge is 2.37. The van der Waals surface area contributed by atoms with E-state index < -0.39 is 0 Å². The second kappa shape index (κ2) is 3.59. The van der Waals surface area contributed by atoms with Crippen LogP contribution in [0.3, 0.4) is 0 Å². The Kier molecular flexibility index (Phi) is 2.58. The van der Waals surface area contributed by atoms with E-state index in [1.165, 1.54) is 19.3 Å². The summed E-state index contributed by atoms with van der Waals surface area (Å²) in [6, 6.07) is 0. The predicted octanol–water partition coefficient (Wildman–Crippen LogP) is 2.07. The Labute approximate surface area is 88.7 Å². The second-order valence-electron chi connectivity index (χ2n) is 4.55. The van der Waals surface area contributed by atoms with Crippen LogP contribution in [0.2, 0.25) is 0 Å². The predicted molar refractivity (Wildman–Crippen MR) is 58.2 cm³/mol. The summed E-state index contributed by atoms with van der Waals surface area (Å²) in [7, 11) is 0. The molecule has 4 heteroatoms. The van der Waals surface area contributed by atoms with E-state index in [4.69, 9.17) is 5.73 Å². The molecule has 1 aromatic rings. The van der Waals surface area contributed by atoms with Crippen molar-refractivity contribution in [2.75, 3.05) is 0 Å². The van der Waals surface area contributed by atoms with E-state index in [2.05, 4.69) is 24.0 Å². The molecule has 0 amide bonds. The van der Waals surface area contributed by atoms with E-state index >= 15 is 0 Å². The van der Waals surface area contributed by atoms with Crippen molar-refractivity contribution in [2.45, 2.75) is 45.1 Å². The van der Waals surface area contributed by atoms with Crippen molar-refractivity contribution in [1.29, 1.82) is 0 Å². The number of nitrogens with zero attached hydrogens (tertiary/aromatic N) is 2. The molecule has 14 heavy (non-hydrogen) atoms. The molecule has 1 aliphatic rings. The molecular formula is C10H17N3S. The summed E-state index contributed by atoms with van der Waals surface area (Å²) >= 11 is 1.67. The van der Waals surface area contributed by atoms with Gasteiger partial charge in [-0.05, 0) is 18.8 Å². The Balaban J connectivity index is 2.19. The summed E-state index contributed by atoms with van der Waals surface area (Å²) in [6.07, 6.45) is 4.05. The molecule has 0 aromatic carbocycles. The molecule has 1 aromatic heterocycles. The molecule has 0 bridgehead atoms. The zero-order valence-corrected chi connectivity index (χ0v) is 9.60. The van der Waals surface area contributed by atoms with Crippen molar-refractivity contribution in [2.24, 2.45) is 11.7 Å². The minimum Gasteiger partial charge on any atom is -0.324 e. The normalized spacial score (nSPS) is 18.2. The van der Waals surface area contributed by atoms with Gasteiger partial charge in [0, 0.05) is 12.0 Å². The smallest absolute Gasteiger partial charge is 0.131 e. The third kappa shape index (κ3) is 1.57. The fraction of sp³-hybridized carbons (Fsp3) is 0.800. The van der Waals surface area contributed by atoms with Crippen molar-refractivity contribution < 1.29 is 0 Å². The molecule has 1 heterocycles. The van der Waals surface area contributed by atoms with Gasteiger partial charge in [0.2, 0.25) is 0 Å². The van der Waals surface area contributed by atoms with Gasteiger partial charge in [-0.2, -0.15) is 0 Å². The van der Waals surface area contributed by atoms with Crippen molar-refractivity contribution in [1.82, 2.24) is 10.2 Å². The maximum absolute atomic E-state index is 5.54. The zero-order valence-electron chi connectivity index (χ0n) is 8.79. The van der Waals surface area contributed by atoms with Gasteiger partial charge in [0.25, 0.3) is 0 Å². The first-order valence-corrected chi connectivity index (χ1v) is 5.99. The summed E-state index contributed by atoms with van der Waals surface area (Å²) in [5, 5.41) is 10.4. The molecule has 1 fully saturated rings. The molecule has 78 valence electrons. The van der Waals surface area contributed by atoms with Crippen LogP contribution in [0, 0.1) is 5.92 Å². The number of nitrogens with two attached hydrogens (primary N) is 1. The minimum absolute atomic E-state index is 0.198. The lowest BCUT2D eigenvalue weighted by atomic mass is 9.68. The Morgan fingerprint density at radius 3 is 2.57 bits per heavy atom. The van der Waals surface area contributed by atoms with E-state index in [1.54, 1.807) is 11.3 Å². The number of hydrogen-bond donors (Lipinski definition) is 1. The second-order valence-corrected chi connectivity index (χ2v) is 5.62. The van der Waals surface area contributed by atoms with E-state index in [-0.39, 0.29) is 5.41 Å². The van der Waals surface area contributed by atoms with Crippen molar-refractivity contribution in [3.63, 3.8) is 0 Å². The largest absolute Gasteiger partial charge is 0.324 e. The van der Waals surface area contributed by atoms with Crippen LogP contribution >= 0.6 is 11.3 Å². The number of aromatic nitrogens is 2. The average Bonchev–Trinajstić information content (AvgIpc) is 2.47. The maximum atomic E-state index is 5.54. The Bertz CT molecular complexity index is 315. The molecular weight excluding hydrogens is 194 g/mol. The number of hydrogen-bond acceptors (Lipinski definition) is 4. The molecule has 0 aliphatic heterocycles. The van der Waals surface area contributed by atoms with E-state index in [9.17, 15) is 0 Å². The number of rotatable bonds is 3. The van der Waals surface area contributed by atoms with Crippen LogP contribution in [-0.2, 0) is 12.0 Å². The van der Waals surface area contributed by atoms with Gasteiger partial charge in [-0.3, -0.25) is 0 Å². The van der Waals surface area contributed by atoms with Crippen LogP contribution in [-0.4, -0.2) is 10.2 Å². The van der Waals surface area contributed by atoms with Gasteiger partial charge < -0.3 is 5.73 Å². The molecule has 0 spiro atoms. The van der Waals surface area contributed by atoms with Crippen LogP contribution in [0.5, 0.6) is 0 Å². The highest BCUT2D eigenvalue weighted by Crippen LogP contribution is 2.44.